The number of rotatable bonds is 7. The zero-order chi connectivity index (χ0) is 19.3. The molecule has 5 nitrogen and oxygen atoms in total. The first kappa shape index (κ1) is 20.6. The molecule has 0 fully saturated rings. The smallest absolute Gasteiger partial charge is 0.238 e. The van der Waals surface area contributed by atoms with Gasteiger partial charge in [-0.2, -0.15) is 0 Å². The lowest BCUT2D eigenvalue weighted by molar-refractivity contribution is -0.117. The third-order valence-corrected chi connectivity index (χ3v) is 4.40. The summed E-state index contributed by atoms with van der Waals surface area (Å²) in [6.45, 7) is 0.708. The maximum absolute atomic E-state index is 12.3. The molecule has 0 aliphatic carbocycles. The highest BCUT2D eigenvalue weighted by Crippen LogP contribution is 2.33. The summed E-state index contributed by atoms with van der Waals surface area (Å²) in [4.78, 5) is 14.1. The molecule has 0 aromatic heterocycles. The van der Waals surface area contributed by atoms with Crippen LogP contribution in [0.15, 0.2) is 30.3 Å². The van der Waals surface area contributed by atoms with Crippen molar-refractivity contribution in [2.24, 2.45) is 0 Å². The van der Waals surface area contributed by atoms with Crippen molar-refractivity contribution in [3.8, 4) is 11.5 Å². The van der Waals surface area contributed by atoms with Crippen LogP contribution in [0.4, 0.5) is 5.69 Å². The molecule has 1 N–H and O–H groups in total. The van der Waals surface area contributed by atoms with Gasteiger partial charge < -0.3 is 14.8 Å². The van der Waals surface area contributed by atoms with Gasteiger partial charge in [0.05, 0.1) is 36.5 Å². The Kier molecular flexibility index (Phi) is 7.41. The van der Waals surface area contributed by atoms with Gasteiger partial charge in [-0.3, -0.25) is 9.69 Å². The van der Waals surface area contributed by atoms with E-state index < -0.39 is 0 Å². The second-order valence-electron chi connectivity index (χ2n) is 5.65. The Morgan fingerprint density at radius 3 is 2.23 bits per heavy atom. The second-order valence-corrected chi connectivity index (χ2v) is 6.91. The van der Waals surface area contributed by atoms with Crippen LogP contribution in [0, 0.1) is 0 Å². The first-order chi connectivity index (χ1) is 12.3. The van der Waals surface area contributed by atoms with E-state index in [2.05, 4.69) is 5.32 Å². The number of hydrogen-bond acceptors (Lipinski definition) is 4. The zero-order valence-electron chi connectivity index (χ0n) is 14.6. The number of likely N-dealkylation sites (N-methyl/N-ethyl adjacent to an activating group) is 1. The van der Waals surface area contributed by atoms with Gasteiger partial charge in [0.15, 0.2) is 11.5 Å². The van der Waals surface area contributed by atoms with Crippen molar-refractivity contribution in [3.05, 3.63) is 51.0 Å². The molecule has 0 saturated carbocycles. The van der Waals surface area contributed by atoms with Crippen LogP contribution < -0.4 is 14.8 Å². The van der Waals surface area contributed by atoms with E-state index in [0.29, 0.717) is 38.8 Å². The number of nitrogens with one attached hydrogen (secondary N) is 1. The van der Waals surface area contributed by atoms with Crippen LogP contribution in [-0.2, 0) is 11.3 Å². The lowest BCUT2D eigenvalue weighted by atomic mass is 10.2. The van der Waals surface area contributed by atoms with Gasteiger partial charge in [-0.1, -0.05) is 40.9 Å². The maximum Gasteiger partial charge on any atom is 0.238 e. The standard InChI is InChI=1S/C18H19Cl3N2O3/c1-23(9-11-4-5-15(25-2)16(6-11)26-3)10-17(24)22-18-13(20)7-12(19)8-14(18)21/h4-8H,9-10H2,1-3H3,(H,22,24). The van der Waals surface area contributed by atoms with E-state index in [1.165, 1.54) is 12.1 Å². The molecule has 0 bridgehead atoms. The third-order valence-electron chi connectivity index (χ3n) is 3.59. The van der Waals surface area contributed by atoms with E-state index in [9.17, 15) is 4.79 Å². The van der Waals surface area contributed by atoms with Crippen LogP contribution in [0.3, 0.4) is 0 Å². The highest BCUT2D eigenvalue weighted by molar-refractivity contribution is 6.42. The first-order valence-electron chi connectivity index (χ1n) is 7.68. The molecule has 0 unspecified atom stereocenters. The fraction of sp³-hybridized carbons (Fsp3) is 0.278. The average Bonchev–Trinajstić information content (AvgIpc) is 2.57. The Morgan fingerprint density at radius 2 is 1.65 bits per heavy atom. The number of nitrogens with zero attached hydrogens (tertiary/aromatic N) is 1. The van der Waals surface area contributed by atoms with Crippen molar-refractivity contribution >= 4 is 46.4 Å². The van der Waals surface area contributed by atoms with Gasteiger partial charge in [0.2, 0.25) is 5.91 Å². The zero-order valence-corrected chi connectivity index (χ0v) is 16.9. The molecule has 140 valence electrons. The van der Waals surface area contributed by atoms with Gasteiger partial charge in [0.25, 0.3) is 0 Å². The number of anilines is 1. The number of halogens is 3. The number of amides is 1. The van der Waals surface area contributed by atoms with E-state index in [4.69, 9.17) is 44.3 Å². The third kappa shape index (κ3) is 5.42. The van der Waals surface area contributed by atoms with E-state index in [0.717, 1.165) is 5.56 Å². The molecule has 0 saturated heterocycles. The summed E-state index contributed by atoms with van der Waals surface area (Å²) in [5, 5.41) is 3.70. The summed E-state index contributed by atoms with van der Waals surface area (Å²) in [5.74, 6) is 1.06. The monoisotopic (exact) mass is 416 g/mol. The van der Waals surface area contributed by atoms with Gasteiger partial charge >= 0.3 is 0 Å². The molecule has 2 aromatic rings. The quantitative estimate of drug-likeness (QED) is 0.707. The summed E-state index contributed by atoms with van der Waals surface area (Å²) >= 11 is 18.0. The fourth-order valence-electron chi connectivity index (χ4n) is 2.43. The minimum absolute atomic E-state index is 0.156. The lowest BCUT2D eigenvalue weighted by Crippen LogP contribution is -2.30. The average molecular weight is 418 g/mol. The Balaban J connectivity index is 1.99. The van der Waals surface area contributed by atoms with Crippen molar-refractivity contribution in [1.29, 1.82) is 0 Å². The Labute approximate surface area is 167 Å². The number of carbonyl (C=O) groups excluding carboxylic acids is 1. The van der Waals surface area contributed by atoms with Crippen LogP contribution in [0.2, 0.25) is 15.1 Å². The molecule has 0 aliphatic rings. The molecule has 2 aromatic carbocycles. The molecule has 0 aliphatic heterocycles. The highest BCUT2D eigenvalue weighted by atomic mass is 35.5. The molecule has 1 amide bonds. The number of carbonyl (C=O) groups is 1. The minimum Gasteiger partial charge on any atom is -0.493 e. The summed E-state index contributed by atoms with van der Waals surface area (Å²) < 4.78 is 10.5. The lowest BCUT2D eigenvalue weighted by Gasteiger charge is -2.18. The minimum atomic E-state index is -0.237. The van der Waals surface area contributed by atoms with Gasteiger partial charge in [-0.25, -0.2) is 0 Å². The predicted octanol–water partition coefficient (Wildman–Crippen LogP) is 4.73. The van der Waals surface area contributed by atoms with E-state index in [1.54, 1.807) is 14.2 Å². The largest absolute Gasteiger partial charge is 0.493 e. The van der Waals surface area contributed by atoms with Crippen molar-refractivity contribution in [2.45, 2.75) is 6.54 Å². The van der Waals surface area contributed by atoms with Crippen LogP contribution in [0.25, 0.3) is 0 Å². The molecule has 26 heavy (non-hydrogen) atoms. The summed E-state index contributed by atoms with van der Waals surface area (Å²) in [6.07, 6.45) is 0. The van der Waals surface area contributed by atoms with Crippen molar-refractivity contribution < 1.29 is 14.3 Å². The van der Waals surface area contributed by atoms with Gasteiger partial charge in [-0.05, 0) is 36.9 Å². The van der Waals surface area contributed by atoms with Crippen LogP contribution in [-0.4, -0.2) is 38.6 Å². The van der Waals surface area contributed by atoms with Gasteiger partial charge in [0.1, 0.15) is 0 Å². The van der Waals surface area contributed by atoms with E-state index >= 15 is 0 Å². The topological polar surface area (TPSA) is 50.8 Å². The van der Waals surface area contributed by atoms with Crippen molar-refractivity contribution in [1.82, 2.24) is 4.90 Å². The SMILES string of the molecule is COc1ccc(CN(C)CC(=O)Nc2c(Cl)cc(Cl)cc2Cl)cc1OC. The molecular formula is C18H19Cl3N2O3. The maximum atomic E-state index is 12.3. The Morgan fingerprint density at radius 1 is 1.04 bits per heavy atom. The van der Waals surface area contributed by atoms with Crippen LogP contribution >= 0.6 is 34.8 Å². The molecule has 0 spiro atoms. The predicted molar refractivity (Wildman–Crippen MR) is 106 cm³/mol. The summed E-state index contributed by atoms with van der Waals surface area (Å²) in [6, 6.07) is 8.67. The molecule has 0 atom stereocenters. The first-order valence-corrected chi connectivity index (χ1v) is 8.81. The fourth-order valence-corrected chi connectivity index (χ4v) is 3.34. The summed E-state index contributed by atoms with van der Waals surface area (Å²) in [5.41, 5.74) is 1.34. The van der Waals surface area contributed by atoms with Gasteiger partial charge in [-0.15, -0.1) is 0 Å². The van der Waals surface area contributed by atoms with Crippen LogP contribution in [0.5, 0.6) is 11.5 Å². The number of ether oxygens (including phenoxy) is 2. The molecule has 2 rings (SSSR count). The molecule has 0 radical (unpaired) electrons. The summed E-state index contributed by atoms with van der Waals surface area (Å²) in [7, 11) is 5.00. The van der Waals surface area contributed by atoms with Crippen LogP contribution in [0.1, 0.15) is 5.56 Å². The number of hydrogen-bond donors (Lipinski definition) is 1. The second kappa shape index (κ2) is 9.33. The molecular weight excluding hydrogens is 399 g/mol. The normalized spacial score (nSPS) is 10.7. The molecule has 0 heterocycles. The van der Waals surface area contributed by atoms with Crippen molar-refractivity contribution in [3.63, 3.8) is 0 Å². The van der Waals surface area contributed by atoms with Crippen molar-refractivity contribution in [2.75, 3.05) is 33.1 Å². The van der Waals surface area contributed by atoms with Gasteiger partial charge in [0, 0.05) is 11.6 Å². The molecule has 8 heteroatoms. The highest BCUT2D eigenvalue weighted by Gasteiger charge is 2.14. The van der Waals surface area contributed by atoms with E-state index in [-0.39, 0.29) is 12.5 Å². The Hall–Kier alpha value is -1.66. The van der Waals surface area contributed by atoms with E-state index in [1.807, 2.05) is 30.1 Å². The number of benzene rings is 2. The number of methoxy groups -OCH3 is 2. The Bertz CT molecular complexity index is 776.